The van der Waals surface area contributed by atoms with Crippen LogP contribution < -0.4 is 17.1 Å². The van der Waals surface area contributed by atoms with Gasteiger partial charge in [-0.2, -0.15) is 0 Å². The molecule has 1 aromatic heterocycles. The first-order chi connectivity index (χ1) is 13.5. The van der Waals surface area contributed by atoms with Gasteiger partial charge in [0.05, 0.1) is 0 Å². The Kier molecular flexibility index (Phi) is 9.36. The summed E-state index contributed by atoms with van der Waals surface area (Å²) in [5, 5.41) is 0. The Labute approximate surface area is 179 Å². The highest BCUT2D eigenvalue weighted by Gasteiger charge is 2.24. The smallest absolute Gasteiger partial charge is 0.314 e. The third kappa shape index (κ3) is 9.33. The summed E-state index contributed by atoms with van der Waals surface area (Å²) >= 11 is 0. The molecule has 1 heterocycles. The molecule has 0 aliphatic heterocycles. The van der Waals surface area contributed by atoms with E-state index in [4.69, 9.17) is 0 Å². The number of halogens is 3. The fourth-order valence-corrected chi connectivity index (χ4v) is 6.23. The lowest BCUT2D eigenvalue weighted by molar-refractivity contribution is 0.434. The summed E-state index contributed by atoms with van der Waals surface area (Å²) < 4.78 is 44.7. The maximum Gasteiger partial charge on any atom is 0.336 e. The van der Waals surface area contributed by atoms with Gasteiger partial charge >= 0.3 is 17.1 Å². The van der Waals surface area contributed by atoms with E-state index in [9.17, 15) is 26.7 Å². The molecular weight excluding hydrogens is 447 g/mol. The number of rotatable bonds is 12. The number of nitrogens with zero attached hydrogens (tertiary/aromatic N) is 3. The van der Waals surface area contributed by atoms with Gasteiger partial charge in [0.1, 0.15) is 0 Å². The third-order valence-electron chi connectivity index (χ3n) is 4.84. The van der Waals surface area contributed by atoms with Gasteiger partial charge < -0.3 is 12.3 Å². The topological polar surface area (TPSA) is 66.0 Å². The molecule has 0 aromatic carbocycles. The molecule has 0 atom stereocenters. The van der Waals surface area contributed by atoms with Crippen molar-refractivity contribution in [2.45, 2.75) is 96.3 Å². The summed E-state index contributed by atoms with van der Waals surface area (Å²) in [4.78, 5) is 38.4. The van der Waals surface area contributed by atoms with E-state index in [-0.39, 0.29) is 19.6 Å². The van der Waals surface area contributed by atoms with E-state index in [1.165, 1.54) is 0 Å². The Balaban J connectivity index is 3.25. The van der Waals surface area contributed by atoms with Crippen molar-refractivity contribution in [3.8, 4) is 0 Å². The van der Waals surface area contributed by atoms with E-state index in [2.05, 4.69) is 0 Å². The second-order valence-corrected chi connectivity index (χ2v) is 21.6. The third-order valence-corrected chi connectivity index (χ3v) is 9.47. The highest BCUT2D eigenvalue weighted by Crippen LogP contribution is 2.15. The Hall–Kier alpha value is -1.15. The fraction of sp³-hybridized carbons (Fsp3) is 0.833. The lowest BCUT2D eigenvalue weighted by Gasteiger charge is -2.17. The second-order valence-electron chi connectivity index (χ2n) is 9.77. The summed E-state index contributed by atoms with van der Waals surface area (Å²) in [5.74, 6) is 0. The molecule has 0 unspecified atom stereocenters. The minimum atomic E-state index is -2.83. The quantitative estimate of drug-likeness (QED) is 0.335. The molecule has 12 heteroatoms. The van der Waals surface area contributed by atoms with E-state index in [1.807, 2.05) is 0 Å². The lowest BCUT2D eigenvalue weighted by Crippen LogP contribution is -2.54. The lowest BCUT2D eigenvalue weighted by atomic mass is 10.4. The van der Waals surface area contributed by atoms with Gasteiger partial charge in [-0.3, -0.25) is 0 Å². The molecule has 0 bridgehead atoms. The van der Waals surface area contributed by atoms with Gasteiger partial charge in [-0.15, -0.1) is 0 Å². The first-order valence-corrected chi connectivity index (χ1v) is 19.8. The van der Waals surface area contributed by atoms with E-state index in [0.717, 1.165) is 13.7 Å². The van der Waals surface area contributed by atoms with Crippen LogP contribution in [0.5, 0.6) is 0 Å². The summed E-state index contributed by atoms with van der Waals surface area (Å²) in [6, 6.07) is 0.879. The second kappa shape index (κ2) is 10.4. The van der Waals surface area contributed by atoms with Crippen molar-refractivity contribution in [1.29, 1.82) is 0 Å². The summed E-state index contributed by atoms with van der Waals surface area (Å²) in [5.41, 5.74) is -2.21. The fourth-order valence-electron chi connectivity index (χ4n) is 3.23. The van der Waals surface area contributed by atoms with Crippen LogP contribution in [0.1, 0.15) is 19.3 Å². The van der Waals surface area contributed by atoms with E-state index in [0.29, 0.717) is 37.4 Å². The highest BCUT2D eigenvalue weighted by atomic mass is 28.4. The van der Waals surface area contributed by atoms with Gasteiger partial charge in [0.25, 0.3) is 0 Å². The van der Waals surface area contributed by atoms with Crippen LogP contribution in [-0.4, -0.2) is 38.9 Å². The molecule has 0 radical (unpaired) electrons. The van der Waals surface area contributed by atoms with Gasteiger partial charge in [-0.25, -0.2) is 28.1 Å². The van der Waals surface area contributed by atoms with E-state index >= 15 is 0 Å². The van der Waals surface area contributed by atoms with Crippen LogP contribution in [0.25, 0.3) is 0 Å². The Morgan fingerprint density at radius 3 is 0.900 bits per heavy atom. The maximum absolute atomic E-state index is 13.9. The minimum Gasteiger partial charge on any atom is -0.314 e. The first kappa shape index (κ1) is 26.9. The summed E-state index contributed by atoms with van der Waals surface area (Å²) in [6.45, 7) is 9.39. The largest absolute Gasteiger partial charge is 0.336 e. The zero-order valence-electron chi connectivity index (χ0n) is 19.1. The Morgan fingerprint density at radius 1 is 0.533 bits per heavy atom. The van der Waals surface area contributed by atoms with Gasteiger partial charge in [0.15, 0.2) is 0 Å². The molecule has 0 spiro atoms. The Morgan fingerprint density at radius 2 is 0.733 bits per heavy atom. The molecule has 0 saturated heterocycles. The van der Waals surface area contributed by atoms with Crippen LogP contribution in [0.2, 0.25) is 57.4 Å². The average molecular weight is 484 g/mol. The van der Waals surface area contributed by atoms with Gasteiger partial charge in [0.2, 0.25) is 25.2 Å². The van der Waals surface area contributed by atoms with Crippen LogP contribution in [0.15, 0.2) is 14.4 Å². The maximum atomic E-state index is 13.9. The molecule has 0 fully saturated rings. The zero-order chi connectivity index (χ0) is 23.3. The first-order valence-electron chi connectivity index (χ1n) is 10.5. The monoisotopic (exact) mass is 483 g/mol. The minimum absolute atomic E-state index is 0.0189. The SMILES string of the molecule is C[Si](C)(F)CCCn1c(=O)n(CCC[Si](C)(C)F)c(=O)n(CCC[Si](C)(C)F)c1=O. The van der Waals surface area contributed by atoms with Gasteiger partial charge in [-0.05, 0) is 76.7 Å². The van der Waals surface area contributed by atoms with Gasteiger partial charge in [0, 0.05) is 19.6 Å². The van der Waals surface area contributed by atoms with Crippen molar-refractivity contribution in [1.82, 2.24) is 13.7 Å². The normalized spacial score (nSPS) is 13.1. The average Bonchev–Trinajstić information content (AvgIpc) is 2.54. The Bertz CT molecular complexity index is 734. The van der Waals surface area contributed by atoms with Crippen LogP contribution in [-0.2, 0) is 19.6 Å². The van der Waals surface area contributed by atoms with Crippen molar-refractivity contribution in [3.05, 3.63) is 31.5 Å². The van der Waals surface area contributed by atoms with Crippen LogP contribution >= 0.6 is 0 Å². The van der Waals surface area contributed by atoms with E-state index in [1.54, 1.807) is 39.3 Å². The molecule has 1 aromatic rings. The molecule has 0 N–H and O–H groups in total. The predicted molar refractivity (Wildman–Crippen MR) is 123 cm³/mol. The summed E-state index contributed by atoms with van der Waals surface area (Å²) in [7, 11) is -8.50. The zero-order valence-corrected chi connectivity index (χ0v) is 22.1. The molecular formula is C18H36F3N3O3Si3. The number of hydrogen-bond donors (Lipinski definition) is 0. The molecule has 1 rings (SSSR count). The molecule has 6 nitrogen and oxygen atoms in total. The van der Waals surface area contributed by atoms with Crippen molar-refractivity contribution in [2.75, 3.05) is 0 Å². The van der Waals surface area contributed by atoms with Crippen molar-refractivity contribution in [2.24, 2.45) is 0 Å². The van der Waals surface area contributed by atoms with Crippen molar-refractivity contribution >= 4 is 25.2 Å². The highest BCUT2D eigenvalue weighted by molar-refractivity contribution is 6.71. The van der Waals surface area contributed by atoms with Crippen LogP contribution in [0.4, 0.5) is 12.3 Å². The molecule has 0 aliphatic rings. The summed E-state index contributed by atoms with van der Waals surface area (Å²) in [6.07, 6.45) is 0.952. The number of aromatic nitrogens is 3. The van der Waals surface area contributed by atoms with Gasteiger partial charge in [-0.1, -0.05) is 0 Å². The predicted octanol–water partition coefficient (Wildman–Crippen LogP) is 3.87. The van der Waals surface area contributed by atoms with E-state index < -0.39 is 42.3 Å². The standard InChI is InChI=1S/C18H36F3N3O3Si3/c1-28(2,19)13-7-10-22-16(25)23(11-8-14-29(3,4)20)18(27)24(17(22)26)12-9-15-30(5,6)21/h7-15H2,1-6H3. The van der Waals surface area contributed by atoms with Crippen LogP contribution in [0.3, 0.4) is 0 Å². The van der Waals surface area contributed by atoms with Crippen molar-refractivity contribution in [3.63, 3.8) is 0 Å². The molecule has 30 heavy (non-hydrogen) atoms. The number of hydrogen-bond acceptors (Lipinski definition) is 3. The molecule has 0 amide bonds. The van der Waals surface area contributed by atoms with Crippen LogP contribution in [0, 0.1) is 0 Å². The molecule has 0 aliphatic carbocycles. The molecule has 0 saturated carbocycles. The van der Waals surface area contributed by atoms with Crippen molar-refractivity contribution < 1.29 is 12.3 Å². The molecule has 174 valence electrons.